The third-order valence-electron chi connectivity index (χ3n) is 1.84. The van der Waals surface area contributed by atoms with E-state index in [4.69, 9.17) is 5.11 Å². The lowest BCUT2D eigenvalue weighted by molar-refractivity contribution is -0.275. The first-order valence-electron chi connectivity index (χ1n) is 4.41. The average Bonchev–Trinajstić information content (AvgIpc) is 2.25. The summed E-state index contributed by atoms with van der Waals surface area (Å²) in [4.78, 5) is 14.3. The normalized spacial score (nSPS) is 11.2. The number of aromatic nitrogens is 1. The molecule has 0 radical (unpaired) electrons. The molecule has 0 saturated carbocycles. The molecule has 5 nitrogen and oxygen atoms in total. The number of halogens is 4. The second kappa shape index (κ2) is 5.07. The van der Waals surface area contributed by atoms with E-state index in [0.717, 1.165) is 7.11 Å². The predicted molar refractivity (Wildman–Crippen MR) is 49.2 cm³/mol. The molecule has 18 heavy (non-hydrogen) atoms. The highest BCUT2D eigenvalue weighted by Gasteiger charge is 2.36. The summed E-state index contributed by atoms with van der Waals surface area (Å²) in [5.41, 5.74) is -1.62. The van der Waals surface area contributed by atoms with E-state index in [0.29, 0.717) is 6.20 Å². The van der Waals surface area contributed by atoms with Gasteiger partial charge in [-0.15, -0.1) is 13.2 Å². The Morgan fingerprint density at radius 3 is 2.50 bits per heavy atom. The molecule has 0 atom stereocenters. The first kappa shape index (κ1) is 14.0. The number of pyridine rings is 1. The summed E-state index contributed by atoms with van der Waals surface area (Å²) in [5.74, 6) is -3.53. The van der Waals surface area contributed by atoms with E-state index in [1.807, 2.05) is 0 Å². The minimum Gasteiger partial charge on any atom is -0.480 e. The predicted octanol–water partition coefficient (Wildman–Crippen LogP) is 2.16. The van der Waals surface area contributed by atoms with Gasteiger partial charge < -0.3 is 14.6 Å². The van der Waals surface area contributed by atoms with Crippen molar-refractivity contribution in [3.8, 4) is 11.6 Å². The molecular formula is C9H7F4NO4. The highest BCUT2D eigenvalue weighted by Crippen LogP contribution is 2.34. The average molecular weight is 269 g/mol. The van der Waals surface area contributed by atoms with Crippen molar-refractivity contribution in [2.75, 3.05) is 7.11 Å². The lowest BCUT2D eigenvalue weighted by atomic mass is 10.1. The summed E-state index contributed by atoms with van der Waals surface area (Å²) in [6.45, 7) is -1.36. The van der Waals surface area contributed by atoms with Gasteiger partial charge in [-0.05, 0) is 0 Å². The van der Waals surface area contributed by atoms with Crippen LogP contribution in [0.3, 0.4) is 0 Å². The molecule has 1 aromatic heterocycles. The van der Waals surface area contributed by atoms with E-state index >= 15 is 0 Å². The number of hydrogen-bond acceptors (Lipinski definition) is 4. The summed E-state index contributed by atoms with van der Waals surface area (Å²) in [5, 5.41) is 8.80. The number of aromatic carboxylic acids is 1. The Morgan fingerprint density at radius 1 is 1.50 bits per heavy atom. The highest BCUT2D eigenvalue weighted by atomic mass is 19.4. The third kappa shape index (κ3) is 2.99. The fraction of sp³-hybridized carbons (Fsp3) is 0.333. The maximum atomic E-state index is 12.5. The number of carboxylic acids is 1. The molecular weight excluding hydrogens is 262 g/mol. The van der Waals surface area contributed by atoms with Crippen molar-refractivity contribution < 1.29 is 36.9 Å². The number of hydrogen-bond donors (Lipinski definition) is 1. The smallest absolute Gasteiger partial charge is 0.480 e. The molecule has 0 saturated heterocycles. The molecule has 0 aliphatic carbocycles. The zero-order valence-corrected chi connectivity index (χ0v) is 8.92. The van der Waals surface area contributed by atoms with Crippen LogP contribution in [0.5, 0.6) is 11.6 Å². The Morgan fingerprint density at radius 2 is 2.11 bits per heavy atom. The summed E-state index contributed by atoms with van der Waals surface area (Å²) in [6.07, 6.45) is -4.44. The first-order valence-corrected chi connectivity index (χ1v) is 4.41. The number of methoxy groups -OCH3 is 1. The van der Waals surface area contributed by atoms with E-state index in [1.165, 1.54) is 0 Å². The number of ether oxygens (including phenoxy) is 2. The van der Waals surface area contributed by atoms with Gasteiger partial charge in [0.15, 0.2) is 11.3 Å². The molecule has 0 bridgehead atoms. The Bertz CT molecular complexity index is 461. The van der Waals surface area contributed by atoms with Crippen LogP contribution in [0.15, 0.2) is 6.20 Å². The van der Waals surface area contributed by atoms with E-state index in [9.17, 15) is 22.4 Å². The van der Waals surface area contributed by atoms with Crippen LogP contribution in [-0.4, -0.2) is 29.5 Å². The van der Waals surface area contributed by atoms with Crippen LogP contribution >= 0.6 is 0 Å². The Labute approximate surface area is 98.0 Å². The molecule has 9 heteroatoms. The largest absolute Gasteiger partial charge is 0.573 e. The molecule has 100 valence electrons. The SMILES string of the molecule is COc1ncc(CF)c(OC(F)(F)F)c1C(=O)O. The number of rotatable bonds is 4. The van der Waals surface area contributed by atoms with Gasteiger partial charge in [0.2, 0.25) is 5.88 Å². The van der Waals surface area contributed by atoms with E-state index in [-0.39, 0.29) is 0 Å². The Balaban J connectivity index is 3.45. The number of nitrogens with zero attached hydrogens (tertiary/aromatic N) is 1. The summed E-state index contributed by atoms with van der Waals surface area (Å²) in [6, 6.07) is 0. The van der Waals surface area contributed by atoms with Gasteiger partial charge in [-0.1, -0.05) is 0 Å². The molecule has 1 heterocycles. The van der Waals surface area contributed by atoms with Gasteiger partial charge in [0.05, 0.1) is 7.11 Å². The van der Waals surface area contributed by atoms with Gasteiger partial charge in [0.1, 0.15) is 6.67 Å². The molecule has 0 aliphatic rings. The van der Waals surface area contributed by atoms with Gasteiger partial charge in [0, 0.05) is 11.8 Å². The second-order valence-corrected chi connectivity index (χ2v) is 2.98. The standard InChI is InChI=1S/C9H7F4NO4/c1-17-7-5(8(15)16)6(18-9(11,12)13)4(2-10)3-14-7/h3H,2H2,1H3,(H,15,16). The van der Waals surface area contributed by atoms with Gasteiger partial charge in [-0.2, -0.15) is 0 Å². The van der Waals surface area contributed by atoms with Crippen LogP contribution in [0.1, 0.15) is 15.9 Å². The molecule has 1 N–H and O–H groups in total. The van der Waals surface area contributed by atoms with Crippen LogP contribution in [0.25, 0.3) is 0 Å². The lowest BCUT2D eigenvalue weighted by Gasteiger charge is -2.15. The van der Waals surface area contributed by atoms with Crippen molar-refractivity contribution in [3.63, 3.8) is 0 Å². The minimum atomic E-state index is -5.15. The van der Waals surface area contributed by atoms with Crippen molar-refractivity contribution >= 4 is 5.97 Å². The van der Waals surface area contributed by atoms with E-state index in [2.05, 4.69) is 14.5 Å². The number of carbonyl (C=O) groups is 1. The summed E-state index contributed by atoms with van der Waals surface area (Å²) >= 11 is 0. The Kier molecular flexibility index (Phi) is 3.94. The molecule has 0 fully saturated rings. The van der Waals surface area contributed by atoms with Gasteiger partial charge >= 0.3 is 12.3 Å². The monoisotopic (exact) mass is 269 g/mol. The molecule has 0 spiro atoms. The van der Waals surface area contributed by atoms with Gasteiger partial charge in [0.25, 0.3) is 0 Å². The van der Waals surface area contributed by atoms with Gasteiger partial charge in [-0.3, -0.25) is 0 Å². The second-order valence-electron chi connectivity index (χ2n) is 2.98. The molecule has 1 rings (SSSR count). The maximum absolute atomic E-state index is 12.5. The third-order valence-corrected chi connectivity index (χ3v) is 1.84. The quantitative estimate of drug-likeness (QED) is 0.848. The summed E-state index contributed by atoms with van der Waals surface area (Å²) in [7, 11) is 1.02. The van der Waals surface area contributed by atoms with Gasteiger partial charge in [-0.25, -0.2) is 14.2 Å². The topological polar surface area (TPSA) is 68.7 Å². The van der Waals surface area contributed by atoms with Crippen LogP contribution in [-0.2, 0) is 6.67 Å². The van der Waals surface area contributed by atoms with Crippen molar-refractivity contribution in [1.29, 1.82) is 0 Å². The van der Waals surface area contributed by atoms with Crippen LogP contribution in [0.2, 0.25) is 0 Å². The minimum absolute atomic E-state index is 0.598. The zero-order chi connectivity index (χ0) is 13.9. The van der Waals surface area contributed by atoms with E-state index < -0.39 is 41.8 Å². The molecule has 1 aromatic rings. The molecule has 0 amide bonds. The molecule has 0 unspecified atom stereocenters. The van der Waals surface area contributed by atoms with Crippen molar-refractivity contribution in [2.45, 2.75) is 13.0 Å². The number of carboxylic acid groups (broad SMARTS) is 1. The van der Waals surface area contributed by atoms with Crippen molar-refractivity contribution in [3.05, 3.63) is 17.3 Å². The fourth-order valence-electron chi connectivity index (χ4n) is 1.19. The van der Waals surface area contributed by atoms with Crippen LogP contribution in [0, 0.1) is 0 Å². The van der Waals surface area contributed by atoms with Crippen LogP contribution < -0.4 is 9.47 Å². The highest BCUT2D eigenvalue weighted by molar-refractivity contribution is 5.94. The summed E-state index contributed by atoms with van der Waals surface area (Å²) < 4.78 is 57.0. The van der Waals surface area contributed by atoms with Crippen molar-refractivity contribution in [1.82, 2.24) is 4.98 Å². The molecule has 0 aliphatic heterocycles. The first-order chi connectivity index (χ1) is 8.30. The van der Waals surface area contributed by atoms with E-state index in [1.54, 1.807) is 0 Å². The van der Waals surface area contributed by atoms with Crippen LogP contribution in [0.4, 0.5) is 17.6 Å². The lowest BCUT2D eigenvalue weighted by Crippen LogP contribution is -2.21. The Hall–Kier alpha value is -2.06. The zero-order valence-electron chi connectivity index (χ0n) is 8.92. The van der Waals surface area contributed by atoms with Crippen molar-refractivity contribution in [2.24, 2.45) is 0 Å². The fourth-order valence-corrected chi connectivity index (χ4v) is 1.19. The number of alkyl halides is 4. The maximum Gasteiger partial charge on any atom is 0.573 e. The molecule has 0 aromatic carbocycles.